The molecule has 0 saturated carbocycles. The molecule has 1 aromatic heterocycles. The first kappa shape index (κ1) is 19.1. The van der Waals surface area contributed by atoms with Gasteiger partial charge in [0.05, 0.1) is 13.2 Å². The molecular formula is C21H20N4O3S. The van der Waals surface area contributed by atoms with E-state index in [0.29, 0.717) is 18.8 Å². The second-order valence-electron chi connectivity index (χ2n) is 6.43. The Kier molecular flexibility index (Phi) is 5.83. The van der Waals surface area contributed by atoms with Crippen molar-refractivity contribution in [3.63, 3.8) is 0 Å². The third-order valence-electron chi connectivity index (χ3n) is 4.55. The number of morpholine rings is 1. The zero-order valence-corrected chi connectivity index (χ0v) is 16.4. The Morgan fingerprint density at radius 3 is 2.41 bits per heavy atom. The van der Waals surface area contributed by atoms with E-state index in [0.717, 1.165) is 29.3 Å². The number of carbonyl (C=O) groups is 2. The fourth-order valence-electron chi connectivity index (χ4n) is 3.06. The number of nitrogens with zero attached hydrogens (tertiary/aromatic N) is 2. The minimum absolute atomic E-state index is 0.271. The number of ether oxygens (including phenoxy) is 1. The number of thiazole rings is 1. The highest BCUT2D eigenvalue weighted by molar-refractivity contribution is 7.13. The van der Waals surface area contributed by atoms with Crippen molar-refractivity contribution in [2.24, 2.45) is 0 Å². The SMILES string of the molecule is O=C(NNC(=O)c1ccccc1-c1ccccc1)c1csc(N2CCOCC2)n1. The van der Waals surface area contributed by atoms with E-state index in [-0.39, 0.29) is 11.6 Å². The first-order valence-electron chi connectivity index (χ1n) is 9.26. The third-order valence-corrected chi connectivity index (χ3v) is 5.45. The predicted molar refractivity (Wildman–Crippen MR) is 112 cm³/mol. The van der Waals surface area contributed by atoms with E-state index in [4.69, 9.17) is 4.74 Å². The van der Waals surface area contributed by atoms with Crippen LogP contribution in [-0.2, 0) is 4.74 Å². The molecule has 2 aromatic carbocycles. The lowest BCUT2D eigenvalue weighted by molar-refractivity contribution is 0.0844. The van der Waals surface area contributed by atoms with Crippen LogP contribution in [0.15, 0.2) is 60.0 Å². The van der Waals surface area contributed by atoms with E-state index >= 15 is 0 Å². The molecule has 0 atom stereocenters. The number of benzene rings is 2. The Labute approximate surface area is 172 Å². The summed E-state index contributed by atoms with van der Waals surface area (Å²) in [5.74, 6) is -0.840. The van der Waals surface area contributed by atoms with E-state index in [1.165, 1.54) is 11.3 Å². The van der Waals surface area contributed by atoms with Gasteiger partial charge in [-0.1, -0.05) is 48.5 Å². The van der Waals surface area contributed by atoms with E-state index in [2.05, 4.69) is 20.7 Å². The number of amides is 2. The van der Waals surface area contributed by atoms with Gasteiger partial charge in [-0.15, -0.1) is 11.3 Å². The molecular weight excluding hydrogens is 388 g/mol. The Hall–Kier alpha value is -3.23. The van der Waals surface area contributed by atoms with Crippen LogP contribution in [0.2, 0.25) is 0 Å². The molecule has 7 nitrogen and oxygen atoms in total. The maximum absolute atomic E-state index is 12.7. The molecule has 2 heterocycles. The molecule has 1 saturated heterocycles. The standard InChI is InChI=1S/C21H20N4O3S/c26-19(17-9-5-4-8-16(17)15-6-2-1-3-7-15)23-24-20(27)18-14-29-21(22-18)25-10-12-28-13-11-25/h1-9,14H,10-13H2,(H,23,26)(H,24,27). The molecule has 0 bridgehead atoms. The average molecular weight is 408 g/mol. The van der Waals surface area contributed by atoms with Crippen LogP contribution in [0.25, 0.3) is 11.1 Å². The number of rotatable bonds is 4. The van der Waals surface area contributed by atoms with Crippen LogP contribution in [0.4, 0.5) is 5.13 Å². The minimum Gasteiger partial charge on any atom is -0.378 e. The number of anilines is 1. The molecule has 1 fully saturated rings. The van der Waals surface area contributed by atoms with Crippen molar-refractivity contribution >= 4 is 28.3 Å². The predicted octanol–water partition coefficient (Wildman–Crippen LogP) is 2.72. The number of hydrogen-bond acceptors (Lipinski definition) is 6. The molecule has 0 unspecified atom stereocenters. The smallest absolute Gasteiger partial charge is 0.289 e. The van der Waals surface area contributed by atoms with E-state index in [1.807, 2.05) is 42.5 Å². The monoisotopic (exact) mass is 408 g/mol. The van der Waals surface area contributed by atoms with Crippen LogP contribution in [0.3, 0.4) is 0 Å². The largest absolute Gasteiger partial charge is 0.378 e. The van der Waals surface area contributed by atoms with Gasteiger partial charge in [0.1, 0.15) is 5.69 Å². The van der Waals surface area contributed by atoms with Gasteiger partial charge in [0.2, 0.25) is 0 Å². The summed E-state index contributed by atoms with van der Waals surface area (Å²) in [5, 5.41) is 2.46. The van der Waals surface area contributed by atoms with Gasteiger partial charge in [0.15, 0.2) is 5.13 Å². The normalized spacial score (nSPS) is 13.7. The second-order valence-corrected chi connectivity index (χ2v) is 7.27. The lowest BCUT2D eigenvalue weighted by Gasteiger charge is -2.25. The van der Waals surface area contributed by atoms with Crippen molar-refractivity contribution < 1.29 is 14.3 Å². The molecule has 0 aliphatic carbocycles. The van der Waals surface area contributed by atoms with Crippen molar-refractivity contribution in [3.8, 4) is 11.1 Å². The molecule has 2 N–H and O–H groups in total. The van der Waals surface area contributed by atoms with Crippen LogP contribution in [0, 0.1) is 0 Å². The van der Waals surface area contributed by atoms with Crippen LogP contribution in [0.1, 0.15) is 20.8 Å². The van der Waals surface area contributed by atoms with Crippen molar-refractivity contribution in [3.05, 3.63) is 71.2 Å². The van der Waals surface area contributed by atoms with Crippen LogP contribution in [0.5, 0.6) is 0 Å². The summed E-state index contributed by atoms with van der Waals surface area (Å²) in [4.78, 5) is 31.5. The molecule has 2 amide bonds. The lowest BCUT2D eigenvalue weighted by Crippen LogP contribution is -2.42. The molecule has 29 heavy (non-hydrogen) atoms. The number of hydrazine groups is 1. The summed E-state index contributed by atoms with van der Waals surface area (Å²) in [5.41, 5.74) is 7.42. The average Bonchev–Trinajstić information content (AvgIpc) is 3.29. The van der Waals surface area contributed by atoms with Crippen LogP contribution >= 0.6 is 11.3 Å². The molecule has 0 spiro atoms. The first-order chi connectivity index (χ1) is 14.2. The summed E-state index contributed by atoms with van der Waals surface area (Å²) in [6.45, 7) is 2.80. The summed E-state index contributed by atoms with van der Waals surface area (Å²) < 4.78 is 5.33. The van der Waals surface area contributed by atoms with Crippen molar-refractivity contribution in [2.75, 3.05) is 31.2 Å². The van der Waals surface area contributed by atoms with Gasteiger partial charge in [-0.3, -0.25) is 20.4 Å². The third kappa shape index (κ3) is 4.44. The van der Waals surface area contributed by atoms with Gasteiger partial charge < -0.3 is 9.64 Å². The zero-order chi connectivity index (χ0) is 20.1. The van der Waals surface area contributed by atoms with E-state index in [9.17, 15) is 9.59 Å². The number of aromatic nitrogens is 1. The van der Waals surface area contributed by atoms with Gasteiger partial charge in [-0.05, 0) is 17.2 Å². The summed E-state index contributed by atoms with van der Waals surface area (Å²) in [6.07, 6.45) is 0. The Bertz CT molecular complexity index is 1000. The zero-order valence-electron chi connectivity index (χ0n) is 15.6. The topological polar surface area (TPSA) is 83.6 Å². The molecule has 3 aromatic rings. The van der Waals surface area contributed by atoms with Crippen LogP contribution in [-0.4, -0.2) is 43.1 Å². The summed E-state index contributed by atoms with van der Waals surface area (Å²) in [6, 6.07) is 16.9. The molecule has 0 radical (unpaired) electrons. The number of hydrogen-bond donors (Lipinski definition) is 2. The highest BCUT2D eigenvalue weighted by Gasteiger charge is 2.18. The molecule has 148 valence electrons. The van der Waals surface area contributed by atoms with Crippen molar-refractivity contribution in [1.29, 1.82) is 0 Å². The quantitative estimate of drug-likeness (QED) is 0.649. The first-order valence-corrected chi connectivity index (χ1v) is 10.1. The highest BCUT2D eigenvalue weighted by Crippen LogP contribution is 2.23. The van der Waals surface area contributed by atoms with Crippen LogP contribution < -0.4 is 15.8 Å². The van der Waals surface area contributed by atoms with Crippen molar-refractivity contribution in [2.45, 2.75) is 0 Å². The maximum atomic E-state index is 12.7. The van der Waals surface area contributed by atoms with Crippen molar-refractivity contribution in [1.82, 2.24) is 15.8 Å². The van der Waals surface area contributed by atoms with Gasteiger partial charge in [0, 0.05) is 24.0 Å². The van der Waals surface area contributed by atoms with E-state index in [1.54, 1.807) is 17.5 Å². The minimum atomic E-state index is -0.452. The molecule has 4 rings (SSSR count). The molecule has 1 aliphatic rings. The summed E-state index contributed by atoms with van der Waals surface area (Å²) in [7, 11) is 0. The van der Waals surface area contributed by atoms with Gasteiger partial charge in [0.25, 0.3) is 11.8 Å². The highest BCUT2D eigenvalue weighted by atomic mass is 32.1. The Morgan fingerprint density at radius 1 is 0.931 bits per heavy atom. The molecule has 1 aliphatic heterocycles. The van der Waals surface area contributed by atoms with Gasteiger partial charge >= 0.3 is 0 Å². The summed E-state index contributed by atoms with van der Waals surface area (Å²) >= 11 is 1.40. The fraction of sp³-hybridized carbons (Fsp3) is 0.190. The Morgan fingerprint density at radius 2 is 1.62 bits per heavy atom. The lowest BCUT2D eigenvalue weighted by atomic mass is 9.99. The Balaban J connectivity index is 1.41. The van der Waals surface area contributed by atoms with Gasteiger partial charge in [-0.25, -0.2) is 4.98 Å². The van der Waals surface area contributed by atoms with E-state index < -0.39 is 5.91 Å². The second kappa shape index (κ2) is 8.85. The van der Waals surface area contributed by atoms with Gasteiger partial charge in [-0.2, -0.15) is 0 Å². The fourth-order valence-corrected chi connectivity index (χ4v) is 3.92. The maximum Gasteiger partial charge on any atom is 0.289 e. The molecule has 8 heteroatoms. The number of nitrogens with one attached hydrogen (secondary N) is 2. The number of carbonyl (C=O) groups excluding carboxylic acids is 2.